The van der Waals surface area contributed by atoms with E-state index in [0.29, 0.717) is 0 Å². The van der Waals surface area contributed by atoms with E-state index in [1.165, 1.54) is 6.08 Å². The first kappa shape index (κ1) is 22.2. The van der Waals surface area contributed by atoms with E-state index >= 15 is 0 Å². The molecule has 2 aromatic rings. The molecule has 30 heavy (non-hydrogen) atoms. The van der Waals surface area contributed by atoms with Gasteiger partial charge in [0.15, 0.2) is 9.84 Å². The highest BCUT2D eigenvalue weighted by atomic mass is 35.5. The number of hydrogen-bond donors (Lipinski definition) is 1. The number of aromatic nitrogens is 2. The third-order valence-corrected chi connectivity index (χ3v) is 5.91. The summed E-state index contributed by atoms with van der Waals surface area (Å²) in [5.41, 5.74) is 1.91. The monoisotopic (exact) mass is 448 g/mol. The molecule has 160 valence electrons. The van der Waals surface area contributed by atoms with Crippen molar-refractivity contribution in [2.75, 3.05) is 17.7 Å². The van der Waals surface area contributed by atoms with Gasteiger partial charge < -0.3 is 10.2 Å². The smallest absolute Gasteiger partial charge is 0.289 e. The van der Waals surface area contributed by atoms with Gasteiger partial charge in [0.25, 0.3) is 5.91 Å². The largest absolute Gasteiger partial charge is 0.362 e. The lowest BCUT2D eigenvalue weighted by Gasteiger charge is -2.37. The van der Waals surface area contributed by atoms with Crippen molar-refractivity contribution in [2.45, 2.75) is 38.3 Å². The molecule has 2 atom stereocenters. The average Bonchev–Trinajstić information content (AvgIpc) is 2.72. The summed E-state index contributed by atoms with van der Waals surface area (Å²) in [4.78, 5) is 23.0. The van der Waals surface area contributed by atoms with Crippen molar-refractivity contribution < 1.29 is 13.2 Å². The molecule has 1 aromatic carbocycles. The Morgan fingerprint density at radius 1 is 1.27 bits per heavy atom. The maximum Gasteiger partial charge on any atom is 0.289 e. The highest BCUT2D eigenvalue weighted by molar-refractivity contribution is 7.93. The third-order valence-electron chi connectivity index (χ3n) is 4.91. The molecular weight excluding hydrogens is 424 g/mol. The number of rotatable bonds is 6. The molecule has 0 spiro atoms. The molecule has 1 saturated heterocycles. The summed E-state index contributed by atoms with van der Waals surface area (Å²) in [5.74, 6) is -0.432. The summed E-state index contributed by atoms with van der Waals surface area (Å²) < 4.78 is 22.4. The van der Waals surface area contributed by atoms with Gasteiger partial charge in [-0.25, -0.2) is 18.4 Å². The van der Waals surface area contributed by atoms with E-state index in [-0.39, 0.29) is 11.9 Å². The molecule has 0 aliphatic carbocycles. The lowest BCUT2D eigenvalue weighted by atomic mass is 9.95. The molecule has 9 heteroatoms. The summed E-state index contributed by atoms with van der Waals surface area (Å²) >= 11 is 6.43. The van der Waals surface area contributed by atoms with Crippen molar-refractivity contribution in [3.63, 3.8) is 0 Å². The van der Waals surface area contributed by atoms with Crippen LogP contribution in [0, 0.1) is 0 Å². The Morgan fingerprint density at radius 2 is 1.97 bits per heavy atom. The van der Waals surface area contributed by atoms with E-state index in [2.05, 4.69) is 20.2 Å². The van der Waals surface area contributed by atoms with Gasteiger partial charge in [0, 0.05) is 29.3 Å². The highest BCUT2D eigenvalue weighted by Crippen LogP contribution is 2.37. The zero-order chi connectivity index (χ0) is 21.7. The normalized spacial score (nSPS) is 18.4. The number of piperidine rings is 1. The van der Waals surface area contributed by atoms with E-state index in [1.54, 1.807) is 19.3 Å². The minimum absolute atomic E-state index is 0.0321. The molecular formula is C21H25ClN4O3S. The quantitative estimate of drug-likeness (QED) is 0.726. The fraction of sp³-hybridized carbons (Fsp3) is 0.381. The fourth-order valence-corrected chi connectivity index (χ4v) is 4.26. The van der Waals surface area contributed by atoms with E-state index in [9.17, 15) is 13.2 Å². The lowest BCUT2D eigenvalue weighted by molar-refractivity contribution is 0.0936. The molecule has 1 aliphatic rings. The number of halogens is 1. The van der Waals surface area contributed by atoms with Gasteiger partial charge in [-0.2, -0.15) is 0 Å². The van der Waals surface area contributed by atoms with Crippen LogP contribution >= 0.6 is 11.6 Å². The highest BCUT2D eigenvalue weighted by Gasteiger charge is 2.26. The summed E-state index contributed by atoms with van der Waals surface area (Å²) in [6, 6.07) is 7.50. The van der Waals surface area contributed by atoms with Crippen LogP contribution in [0.2, 0.25) is 5.02 Å². The second-order valence-electron chi connectivity index (χ2n) is 7.41. The summed E-state index contributed by atoms with van der Waals surface area (Å²) in [6.45, 7) is 2.54. The van der Waals surface area contributed by atoms with Gasteiger partial charge in [-0.1, -0.05) is 35.9 Å². The number of nitrogens with one attached hydrogen (secondary N) is 1. The molecule has 3 rings (SSSR count). The molecule has 0 unspecified atom stereocenters. The third kappa shape index (κ3) is 5.79. The van der Waals surface area contributed by atoms with Crippen molar-refractivity contribution in [3.05, 3.63) is 64.6 Å². The maximum atomic E-state index is 12.3. The molecule has 1 amide bonds. The Bertz CT molecular complexity index is 1020. The van der Waals surface area contributed by atoms with Crippen LogP contribution in [0.3, 0.4) is 0 Å². The number of carbonyl (C=O) groups is 1. The Kier molecular flexibility index (Phi) is 7.10. The van der Waals surface area contributed by atoms with Crippen molar-refractivity contribution in [1.82, 2.24) is 15.3 Å². The second kappa shape index (κ2) is 9.57. The Labute approximate surface area is 182 Å². The van der Waals surface area contributed by atoms with Gasteiger partial charge in [-0.05, 0) is 37.8 Å². The van der Waals surface area contributed by atoms with Crippen LogP contribution in [0.15, 0.2) is 48.1 Å². The molecule has 1 aromatic heterocycles. The predicted octanol–water partition coefficient (Wildman–Crippen LogP) is 3.54. The van der Waals surface area contributed by atoms with Crippen molar-refractivity contribution in [1.29, 1.82) is 0 Å². The first-order chi connectivity index (χ1) is 14.2. The van der Waals surface area contributed by atoms with E-state index in [0.717, 1.165) is 53.7 Å². The van der Waals surface area contributed by atoms with Crippen LogP contribution in [-0.2, 0) is 9.84 Å². The average molecular weight is 449 g/mol. The first-order valence-electron chi connectivity index (χ1n) is 9.77. The van der Waals surface area contributed by atoms with Gasteiger partial charge >= 0.3 is 0 Å². The molecule has 0 saturated carbocycles. The van der Waals surface area contributed by atoms with Crippen molar-refractivity contribution in [2.24, 2.45) is 0 Å². The van der Waals surface area contributed by atoms with Crippen LogP contribution in [0.25, 0.3) is 0 Å². The van der Waals surface area contributed by atoms with Crippen LogP contribution in [0.5, 0.6) is 0 Å². The van der Waals surface area contributed by atoms with Gasteiger partial charge in [0.2, 0.25) is 5.82 Å². The van der Waals surface area contributed by atoms with E-state index in [4.69, 9.17) is 11.6 Å². The Hall–Kier alpha value is -2.45. The number of carbonyl (C=O) groups excluding carboxylic acids is 1. The predicted molar refractivity (Wildman–Crippen MR) is 118 cm³/mol. The SMILES string of the molecule is C[C@H](/C=C/S(C)(=O)=O)NC(=O)c1ncc(N2CCCC[C@H]2c2ccccc2Cl)cn1. The Balaban J connectivity index is 1.73. The van der Waals surface area contributed by atoms with Crippen molar-refractivity contribution >= 4 is 33.0 Å². The molecule has 1 fully saturated rings. The number of sulfone groups is 1. The Morgan fingerprint density at radius 3 is 2.63 bits per heavy atom. The zero-order valence-corrected chi connectivity index (χ0v) is 18.5. The van der Waals surface area contributed by atoms with Gasteiger partial charge in [0.1, 0.15) is 0 Å². The lowest BCUT2D eigenvalue weighted by Crippen LogP contribution is -2.34. The fourth-order valence-electron chi connectivity index (χ4n) is 3.48. The zero-order valence-electron chi connectivity index (χ0n) is 17.0. The standard InChI is InChI=1S/C21H25ClN4O3S/c1-15(10-12-30(2,28)29)25-21(27)20-23-13-16(14-24-20)26-11-6-5-9-19(26)17-7-3-4-8-18(17)22/h3-4,7-8,10,12-15,19H,5-6,9,11H2,1-2H3,(H,25,27)/b12-10+/t15-,19+/m1/s1. The molecule has 0 radical (unpaired) electrons. The van der Waals surface area contributed by atoms with E-state index in [1.807, 2.05) is 24.3 Å². The van der Waals surface area contributed by atoms with Gasteiger partial charge in [0.05, 0.1) is 24.1 Å². The van der Waals surface area contributed by atoms with Crippen LogP contribution in [0.4, 0.5) is 5.69 Å². The van der Waals surface area contributed by atoms with E-state index < -0.39 is 21.8 Å². The minimum atomic E-state index is -3.25. The maximum absolute atomic E-state index is 12.3. The summed E-state index contributed by atoms with van der Waals surface area (Å²) in [6.07, 6.45) is 8.96. The number of amides is 1. The molecule has 7 nitrogen and oxygen atoms in total. The summed E-state index contributed by atoms with van der Waals surface area (Å²) in [5, 5.41) is 4.46. The molecule has 1 aliphatic heterocycles. The minimum Gasteiger partial charge on any atom is -0.362 e. The van der Waals surface area contributed by atoms with Crippen LogP contribution < -0.4 is 10.2 Å². The van der Waals surface area contributed by atoms with Crippen molar-refractivity contribution in [3.8, 4) is 0 Å². The van der Waals surface area contributed by atoms with Crippen LogP contribution in [-0.4, -0.2) is 43.1 Å². The molecule has 1 N–H and O–H groups in total. The van der Waals surface area contributed by atoms with Gasteiger partial charge in [-0.3, -0.25) is 4.79 Å². The number of anilines is 1. The second-order valence-corrected chi connectivity index (χ2v) is 9.75. The van der Waals surface area contributed by atoms with Gasteiger partial charge in [-0.15, -0.1) is 0 Å². The molecule has 2 heterocycles. The first-order valence-corrected chi connectivity index (χ1v) is 12.1. The number of benzene rings is 1. The number of hydrogen-bond acceptors (Lipinski definition) is 6. The number of nitrogens with zero attached hydrogens (tertiary/aromatic N) is 3. The molecule has 0 bridgehead atoms. The summed E-state index contributed by atoms with van der Waals surface area (Å²) in [7, 11) is -3.25. The topological polar surface area (TPSA) is 92.3 Å². The van der Waals surface area contributed by atoms with Crippen LogP contribution in [0.1, 0.15) is 48.4 Å².